The second-order valence-corrected chi connectivity index (χ2v) is 5.36. The minimum atomic E-state index is -0.120. The minimum Gasteiger partial charge on any atom is -0.493 e. The van der Waals surface area contributed by atoms with Crippen LogP contribution < -0.4 is 20.1 Å². The number of carbonyl (C=O) groups excluding carboxylic acids is 1. The third-order valence-electron chi connectivity index (χ3n) is 3.67. The highest BCUT2D eigenvalue weighted by Gasteiger charge is 2.15. The predicted octanol–water partition coefficient (Wildman–Crippen LogP) is 2.09. The van der Waals surface area contributed by atoms with Gasteiger partial charge in [-0.25, -0.2) is 0 Å². The van der Waals surface area contributed by atoms with E-state index in [1.165, 1.54) is 6.42 Å². The highest BCUT2D eigenvalue weighted by atomic mass is 35.5. The van der Waals surface area contributed by atoms with E-state index in [-0.39, 0.29) is 24.9 Å². The molecule has 1 aromatic rings. The van der Waals surface area contributed by atoms with Crippen LogP contribution in [-0.2, 0) is 11.2 Å². The summed E-state index contributed by atoms with van der Waals surface area (Å²) in [6, 6.07) is 6.05. The van der Waals surface area contributed by atoms with E-state index >= 15 is 0 Å². The first-order valence-corrected chi connectivity index (χ1v) is 7.63. The molecule has 1 aliphatic rings. The molecule has 1 heterocycles. The third kappa shape index (κ3) is 6.12. The number of benzene rings is 1. The average molecular weight is 341 g/mol. The van der Waals surface area contributed by atoms with Crippen LogP contribution in [0.5, 0.6) is 11.5 Å². The molecule has 1 fully saturated rings. The van der Waals surface area contributed by atoms with Crippen LogP contribution in [0.1, 0.15) is 18.4 Å². The van der Waals surface area contributed by atoms with Crippen molar-refractivity contribution in [2.45, 2.75) is 25.3 Å². The van der Waals surface area contributed by atoms with E-state index in [0.29, 0.717) is 24.1 Å². The zero-order chi connectivity index (χ0) is 15.8. The molecule has 1 atom stereocenters. The summed E-state index contributed by atoms with van der Waals surface area (Å²) in [5.74, 6) is 1.08. The zero-order valence-corrected chi connectivity index (χ0v) is 14.3. The standard InChI is InChI=1S/C17H24N2O3.ClH/c1-3-5-13-7-8-15(16(10-13)21-2)22-12-17(20)19-11-14-6-4-9-18-14;/h3,7-8,10,14,18H,1,4-6,9,11-12H2,2H3,(H,19,20);1H. The van der Waals surface area contributed by atoms with Crippen molar-refractivity contribution in [3.8, 4) is 11.5 Å². The molecule has 23 heavy (non-hydrogen) atoms. The molecular weight excluding hydrogens is 316 g/mol. The molecule has 0 aromatic heterocycles. The van der Waals surface area contributed by atoms with Crippen molar-refractivity contribution in [2.24, 2.45) is 0 Å². The lowest BCUT2D eigenvalue weighted by Crippen LogP contribution is -2.39. The molecule has 0 radical (unpaired) electrons. The number of ether oxygens (including phenoxy) is 2. The van der Waals surface area contributed by atoms with Crippen molar-refractivity contribution in [1.82, 2.24) is 10.6 Å². The Kier molecular flexibility index (Phi) is 8.51. The number of hydrogen-bond acceptors (Lipinski definition) is 4. The van der Waals surface area contributed by atoms with E-state index in [1.54, 1.807) is 7.11 Å². The zero-order valence-electron chi connectivity index (χ0n) is 13.5. The van der Waals surface area contributed by atoms with Crippen molar-refractivity contribution in [3.05, 3.63) is 36.4 Å². The molecule has 0 spiro atoms. The summed E-state index contributed by atoms with van der Waals surface area (Å²) >= 11 is 0. The predicted molar refractivity (Wildman–Crippen MR) is 93.7 cm³/mol. The fourth-order valence-electron chi connectivity index (χ4n) is 2.49. The third-order valence-corrected chi connectivity index (χ3v) is 3.67. The molecule has 0 bridgehead atoms. The molecule has 0 aliphatic carbocycles. The number of rotatable bonds is 8. The molecule has 1 aromatic carbocycles. The fourth-order valence-corrected chi connectivity index (χ4v) is 2.49. The Hall–Kier alpha value is -1.72. The van der Waals surface area contributed by atoms with Crippen molar-refractivity contribution in [3.63, 3.8) is 0 Å². The summed E-state index contributed by atoms with van der Waals surface area (Å²) in [5, 5.41) is 6.22. The summed E-state index contributed by atoms with van der Waals surface area (Å²) in [7, 11) is 1.59. The number of allylic oxidation sites excluding steroid dienone is 1. The monoisotopic (exact) mass is 340 g/mol. The SMILES string of the molecule is C=CCc1ccc(OCC(=O)NCC2CCCN2)c(OC)c1.Cl. The number of amides is 1. The quantitative estimate of drug-likeness (QED) is 0.711. The van der Waals surface area contributed by atoms with Gasteiger partial charge in [0.15, 0.2) is 18.1 Å². The number of methoxy groups -OCH3 is 1. The second kappa shape index (κ2) is 10.1. The lowest BCUT2D eigenvalue weighted by Gasteiger charge is -2.14. The Morgan fingerprint density at radius 1 is 1.48 bits per heavy atom. The normalized spacial score (nSPS) is 16.3. The first kappa shape index (κ1) is 19.3. The molecule has 1 saturated heterocycles. The lowest BCUT2D eigenvalue weighted by molar-refractivity contribution is -0.123. The van der Waals surface area contributed by atoms with E-state index in [1.807, 2.05) is 24.3 Å². The minimum absolute atomic E-state index is 0. The highest BCUT2D eigenvalue weighted by molar-refractivity contribution is 5.85. The maximum atomic E-state index is 11.8. The van der Waals surface area contributed by atoms with Gasteiger partial charge in [-0.3, -0.25) is 4.79 Å². The van der Waals surface area contributed by atoms with Crippen LogP contribution in [0.2, 0.25) is 0 Å². The number of nitrogens with one attached hydrogen (secondary N) is 2. The Labute approximate surface area is 143 Å². The summed E-state index contributed by atoms with van der Waals surface area (Å²) < 4.78 is 10.9. The van der Waals surface area contributed by atoms with Gasteiger partial charge in [-0.2, -0.15) is 0 Å². The lowest BCUT2D eigenvalue weighted by atomic mass is 10.1. The van der Waals surface area contributed by atoms with Crippen LogP contribution in [0.4, 0.5) is 0 Å². The van der Waals surface area contributed by atoms with Gasteiger partial charge in [0, 0.05) is 12.6 Å². The van der Waals surface area contributed by atoms with Crippen LogP contribution in [0.15, 0.2) is 30.9 Å². The van der Waals surface area contributed by atoms with E-state index < -0.39 is 0 Å². The molecule has 6 heteroatoms. The van der Waals surface area contributed by atoms with Crippen molar-refractivity contribution < 1.29 is 14.3 Å². The Morgan fingerprint density at radius 3 is 2.96 bits per heavy atom. The summed E-state index contributed by atoms with van der Waals surface area (Å²) in [4.78, 5) is 11.8. The molecule has 1 amide bonds. The van der Waals surface area contributed by atoms with Gasteiger partial charge in [0.05, 0.1) is 7.11 Å². The van der Waals surface area contributed by atoms with E-state index in [2.05, 4.69) is 17.2 Å². The summed E-state index contributed by atoms with van der Waals surface area (Å²) in [6.07, 6.45) is 4.89. The molecule has 128 valence electrons. The highest BCUT2D eigenvalue weighted by Crippen LogP contribution is 2.28. The van der Waals surface area contributed by atoms with Gasteiger partial charge in [-0.05, 0) is 43.5 Å². The van der Waals surface area contributed by atoms with Gasteiger partial charge >= 0.3 is 0 Å². The summed E-state index contributed by atoms with van der Waals surface area (Å²) in [6.45, 7) is 5.39. The molecule has 2 rings (SSSR count). The number of halogens is 1. The first-order chi connectivity index (χ1) is 10.7. The van der Waals surface area contributed by atoms with Crippen LogP contribution in [0, 0.1) is 0 Å². The molecule has 2 N–H and O–H groups in total. The topological polar surface area (TPSA) is 59.6 Å². The van der Waals surface area contributed by atoms with Crippen LogP contribution >= 0.6 is 12.4 Å². The van der Waals surface area contributed by atoms with Crippen LogP contribution in [0.3, 0.4) is 0 Å². The molecule has 5 nitrogen and oxygen atoms in total. The van der Waals surface area contributed by atoms with Crippen molar-refractivity contribution in [2.75, 3.05) is 26.8 Å². The van der Waals surface area contributed by atoms with E-state index in [9.17, 15) is 4.79 Å². The van der Waals surface area contributed by atoms with Gasteiger partial charge in [0.1, 0.15) is 0 Å². The van der Waals surface area contributed by atoms with E-state index in [4.69, 9.17) is 9.47 Å². The van der Waals surface area contributed by atoms with Gasteiger partial charge < -0.3 is 20.1 Å². The second-order valence-electron chi connectivity index (χ2n) is 5.36. The Morgan fingerprint density at radius 2 is 2.30 bits per heavy atom. The van der Waals surface area contributed by atoms with Gasteiger partial charge in [0.25, 0.3) is 5.91 Å². The Bertz CT molecular complexity index is 517. The smallest absolute Gasteiger partial charge is 0.257 e. The number of carbonyl (C=O) groups is 1. The Balaban J connectivity index is 0.00000264. The number of hydrogen-bond donors (Lipinski definition) is 2. The van der Waals surface area contributed by atoms with Gasteiger partial charge in [0.2, 0.25) is 0 Å². The van der Waals surface area contributed by atoms with E-state index in [0.717, 1.165) is 24.9 Å². The molecule has 1 aliphatic heterocycles. The molecular formula is C17H25ClN2O3. The average Bonchev–Trinajstić information content (AvgIpc) is 3.05. The fraction of sp³-hybridized carbons (Fsp3) is 0.471. The maximum Gasteiger partial charge on any atom is 0.257 e. The molecule has 1 unspecified atom stereocenters. The largest absolute Gasteiger partial charge is 0.493 e. The first-order valence-electron chi connectivity index (χ1n) is 7.63. The van der Waals surface area contributed by atoms with Crippen molar-refractivity contribution >= 4 is 18.3 Å². The van der Waals surface area contributed by atoms with Gasteiger partial charge in [-0.15, -0.1) is 19.0 Å². The van der Waals surface area contributed by atoms with Gasteiger partial charge in [-0.1, -0.05) is 12.1 Å². The maximum absolute atomic E-state index is 11.8. The molecule has 0 saturated carbocycles. The van der Waals surface area contributed by atoms with Crippen LogP contribution in [-0.4, -0.2) is 38.8 Å². The van der Waals surface area contributed by atoms with Crippen LogP contribution in [0.25, 0.3) is 0 Å². The van der Waals surface area contributed by atoms with Crippen molar-refractivity contribution in [1.29, 1.82) is 0 Å². The summed E-state index contributed by atoms with van der Waals surface area (Å²) in [5.41, 5.74) is 1.09.